The molecule has 1 aromatic rings. The molecular formula is C37H54N6O6S. The van der Waals surface area contributed by atoms with E-state index in [1.807, 2.05) is 49.3 Å². The lowest BCUT2D eigenvalue weighted by Crippen LogP contribution is -2.61. The van der Waals surface area contributed by atoms with Gasteiger partial charge in [0.2, 0.25) is 17.6 Å². The zero-order valence-electron chi connectivity index (χ0n) is 30.0. The molecule has 5 amide bonds. The lowest BCUT2D eigenvalue weighted by Gasteiger charge is -2.38. The van der Waals surface area contributed by atoms with Gasteiger partial charge in [-0.25, -0.2) is 4.79 Å². The topological polar surface area (TPSA) is 177 Å². The first-order valence-electron chi connectivity index (χ1n) is 18.3. The fourth-order valence-electron chi connectivity index (χ4n) is 8.59. The second-order valence-corrected chi connectivity index (χ2v) is 18.4. The third-order valence-electron chi connectivity index (χ3n) is 12.1. The summed E-state index contributed by atoms with van der Waals surface area (Å²) in [5.41, 5.74) is 5.81. The van der Waals surface area contributed by atoms with Crippen molar-refractivity contribution >= 4 is 40.9 Å². The number of hydrogen-bond acceptors (Lipinski definition) is 7. The molecule has 3 saturated carbocycles. The maximum atomic E-state index is 14.6. The van der Waals surface area contributed by atoms with Crippen molar-refractivity contribution < 1.29 is 28.5 Å². The maximum absolute atomic E-state index is 14.6. The SMILES string of the molecule is CC(C)(C)[C@@H](CN1Cc2ccccc2[S+]1[O-])NC(=O)N[C@H](C(=O)N1CC2[C@@H]([C@H]1C(=O)NC(CC1CC1)C(=O)C(N)=O)C2(C)C)C1CCCCC1. The number of rotatable bonds is 12. The number of likely N-dealkylation sites (tertiary alicyclic amines) is 1. The van der Waals surface area contributed by atoms with E-state index in [4.69, 9.17) is 5.73 Å². The number of carbonyl (C=O) groups is 5. The first-order chi connectivity index (χ1) is 23.6. The number of Topliss-reactive ketones (excluding diaryl/α,β-unsaturated/α-hetero) is 1. The van der Waals surface area contributed by atoms with E-state index >= 15 is 0 Å². The molecule has 2 heterocycles. The van der Waals surface area contributed by atoms with Gasteiger partial charge in [0.15, 0.2) is 4.90 Å². The Bertz CT molecular complexity index is 1500. The zero-order chi connectivity index (χ0) is 36.1. The first-order valence-corrected chi connectivity index (χ1v) is 19.4. The number of benzene rings is 1. The van der Waals surface area contributed by atoms with Crippen molar-refractivity contribution in [3.8, 4) is 0 Å². The number of urea groups is 1. The predicted octanol–water partition coefficient (Wildman–Crippen LogP) is 3.01. The Kier molecular flexibility index (Phi) is 10.3. The number of carbonyl (C=O) groups excluding carboxylic acids is 5. The highest BCUT2D eigenvalue weighted by molar-refractivity contribution is 7.89. The standard InChI is InChI=1S/C37H54N6O6S/c1-36(2,3)27(20-42-18-23-13-9-10-14-26(23)50(42)49)40-35(48)41-29(22-11-7-6-8-12-22)34(47)43-19-24-28(37(24,4)5)30(43)33(46)39-25(17-21-15-16-21)31(44)32(38)45/h9-10,13-14,21-22,24-25,27-30H,6-8,11-12,15-20H2,1-5H3,(H2,38,45)(H,39,46)(H2,40,41,48)/t24?,25?,27-,28+,29+,30+,50?/m1/s1. The molecule has 13 heteroatoms. The molecule has 3 aliphatic carbocycles. The molecule has 50 heavy (non-hydrogen) atoms. The Morgan fingerprint density at radius 2 is 1.68 bits per heavy atom. The molecule has 0 radical (unpaired) electrons. The fourth-order valence-corrected chi connectivity index (χ4v) is 9.96. The zero-order valence-corrected chi connectivity index (χ0v) is 30.9. The summed E-state index contributed by atoms with van der Waals surface area (Å²) in [5, 5.41) is 9.01. The van der Waals surface area contributed by atoms with Crippen molar-refractivity contribution in [2.75, 3.05) is 13.1 Å². The van der Waals surface area contributed by atoms with Gasteiger partial charge in [-0.15, -0.1) is 4.31 Å². The number of nitrogens with one attached hydrogen (secondary N) is 3. The quantitative estimate of drug-likeness (QED) is 0.190. The molecule has 0 spiro atoms. The van der Waals surface area contributed by atoms with E-state index in [1.54, 1.807) is 4.90 Å². The summed E-state index contributed by atoms with van der Waals surface area (Å²) in [7, 11) is 0. The maximum Gasteiger partial charge on any atom is 0.315 e. The second kappa shape index (κ2) is 14.1. The van der Waals surface area contributed by atoms with Crippen LogP contribution in [0.25, 0.3) is 0 Å². The molecule has 5 N–H and O–H groups in total. The number of hydrogen-bond donors (Lipinski definition) is 4. The van der Waals surface area contributed by atoms with Crippen molar-refractivity contribution in [1.29, 1.82) is 0 Å². The normalized spacial score (nSPS) is 27.8. The lowest BCUT2D eigenvalue weighted by molar-refractivity contribution is -0.144. The van der Waals surface area contributed by atoms with Crippen molar-refractivity contribution in [3.63, 3.8) is 0 Å². The summed E-state index contributed by atoms with van der Waals surface area (Å²) in [6.07, 6.45) is 6.74. The summed E-state index contributed by atoms with van der Waals surface area (Å²) in [6, 6.07) is 4.11. The van der Waals surface area contributed by atoms with Crippen LogP contribution in [0.5, 0.6) is 0 Å². The van der Waals surface area contributed by atoms with Crippen LogP contribution in [0.4, 0.5) is 4.79 Å². The van der Waals surface area contributed by atoms with E-state index in [1.165, 1.54) is 0 Å². The van der Waals surface area contributed by atoms with Crippen LogP contribution in [0.15, 0.2) is 29.2 Å². The van der Waals surface area contributed by atoms with E-state index in [0.717, 1.165) is 55.4 Å². The number of nitrogens with two attached hydrogens (primary N) is 1. The Morgan fingerprint density at radius 3 is 2.30 bits per heavy atom. The monoisotopic (exact) mass is 710 g/mol. The first kappa shape index (κ1) is 36.6. The average Bonchev–Trinajstić information content (AvgIpc) is 3.87. The van der Waals surface area contributed by atoms with E-state index in [9.17, 15) is 28.5 Å². The molecule has 1 aromatic carbocycles. The lowest BCUT2D eigenvalue weighted by atomic mass is 9.83. The molecular weight excluding hydrogens is 657 g/mol. The van der Waals surface area contributed by atoms with Crippen LogP contribution in [0.3, 0.4) is 0 Å². The minimum absolute atomic E-state index is 0.0941. The van der Waals surface area contributed by atoms with Gasteiger partial charge in [0.05, 0.1) is 36.5 Å². The smallest absolute Gasteiger partial charge is 0.315 e. The molecule has 4 fully saturated rings. The molecule has 6 rings (SSSR count). The summed E-state index contributed by atoms with van der Waals surface area (Å²) in [5.74, 6) is -2.48. The molecule has 7 atom stereocenters. The van der Waals surface area contributed by atoms with Gasteiger partial charge < -0.3 is 31.1 Å². The minimum Gasteiger partial charge on any atom is -0.593 e. The van der Waals surface area contributed by atoms with Gasteiger partial charge in [-0.1, -0.05) is 84.9 Å². The van der Waals surface area contributed by atoms with Crippen LogP contribution < -0.4 is 21.7 Å². The minimum atomic E-state index is -1.34. The Hall–Kier alpha value is -3.16. The van der Waals surface area contributed by atoms with Crippen molar-refractivity contribution in [3.05, 3.63) is 29.8 Å². The van der Waals surface area contributed by atoms with E-state index < -0.39 is 53.1 Å². The number of primary amides is 1. The summed E-state index contributed by atoms with van der Waals surface area (Å²) in [4.78, 5) is 69.5. The molecule has 2 aliphatic heterocycles. The Balaban J connectivity index is 1.19. The van der Waals surface area contributed by atoms with Crippen LogP contribution in [0.2, 0.25) is 0 Å². The molecule has 12 nitrogen and oxygen atoms in total. The third-order valence-corrected chi connectivity index (χ3v) is 13.6. The summed E-state index contributed by atoms with van der Waals surface area (Å²) >= 11 is -1.34. The van der Waals surface area contributed by atoms with E-state index in [-0.39, 0.29) is 46.5 Å². The van der Waals surface area contributed by atoms with Crippen LogP contribution in [0.1, 0.15) is 91.5 Å². The van der Waals surface area contributed by atoms with Crippen LogP contribution in [-0.2, 0) is 37.1 Å². The fraction of sp³-hybridized carbons (Fsp3) is 0.703. The van der Waals surface area contributed by atoms with Crippen molar-refractivity contribution in [2.45, 2.75) is 122 Å². The molecule has 0 aromatic heterocycles. The molecule has 274 valence electrons. The Morgan fingerprint density at radius 1 is 1.00 bits per heavy atom. The molecule has 1 saturated heterocycles. The molecule has 5 aliphatic rings. The van der Waals surface area contributed by atoms with Crippen molar-refractivity contribution in [1.82, 2.24) is 25.2 Å². The highest BCUT2D eigenvalue weighted by atomic mass is 32.2. The number of fused-ring (bicyclic) bond motifs is 2. The van der Waals surface area contributed by atoms with Gasteiger partial charge in [-0.05, 0) is 59.8 Å². The summed E-state index contributed by atoms with van der Waals surface area (Å²) < 4.78 is 15.2. The van der Waals surface area contributed by atoms with Crippen molar-refractivity contribution in [2.24, 2.45) is 40.2 Å². The third kappa shape index (κ3) is 7.55. The van der Waals surface area contributed by atoms with Crippen LogP contribution in [0, 0.1) is 34.5 Å². The highest BCUT2D eigenvalue weighted by Crippen LogP contribution is 2.65. The summed E-state index contributed by atoms with van der Waals surface area (Å²) in [6.45, 7) is 11.5. The average molecular weight is 711 g/mol. The van der Waals surface area contributed by atoms with Crippen LogP contribution in [-0.4, -0.2) is 80.6 Å². The number of piperidine rings is 1. The van der Waals surface area contributed by atoms with Gasteiger partial charge in [0, 0.05) is 12.1 Å². The number of nitrogens with zero attached hydrogens (tertiary/aromatic N) is 2. The van der Waals surface area contributed by atoms with E-state index in [0.29, 0.717) is 26.1 Å². The number of ketones is 1. The van der Waals surface area contributed by atoms with Gasteiger partial charge in [0.25, 0.3) is 5.91 Å². The van der Waals surface area contributed by atoms with E-state index in [2.05, 4.69) is 29.8 Å². The van der Waals surface area contributed by atoms with Gasteiger partial charge >= 0.3 is 6.03 Å². The number of amides is 5. The highest BCUT2D eigenvalue weighted by Gasteiger charge is 2.69. The molecule has 3 unspecified atom stereocenters. The van der Waals surface area contributed by atoms with Gasteiger partial charge in [-0.3, -0.25) is 19.2 Å². The van der Waals surface area contributed by atoms with Gasteiger partial charge in [-0.2, -0.15) is 0 Å². The van der Waals surface area contributed by atoms with Crippen LogP contribution >= 0.6 is 0 Å². The predicted molar refractivity (Wildman–Crippen MR) is 188 cm³/mol. The molecule has 0 bridgehead atoms. The Labute approximate surface area is 298 Å². The second-order valence-electron chi connectivity index (χ2n) is 16.9. The van der Waals surface area contributed by atoms with Gasteiger partial charge in [0.1, 0.15) is 12.1 Å². The largest absolute Gasteiger partial charge is 0.593 e.